The van der Waals surface area contributed by atoms with Crippen LogP contribution in [-0.4, -0.2) is 5.91 Å². The van der Waals surface area contributed by atoms with Gasteiger partial charge in [0.05, 0.1) is 20.8 Å². The molecule has 2 aromatic rings. The van der Waals surface area contributed by atoms with Crippen LogP contribution in [-0.2, 0) is 4.79 Å². The Morgan fingerprint density at radius 1 is 1.00 bits per heavy atom. The molecule has 0 radical (unpaired) electrons. The SMILES string of the molecule is CC(C)c1ccc(C=CC(=O)Nc2cc(Cl)c(Cl)cc2Cl)cc1. The molecule has 2 aromatic carbocycles. The van der Waals surface area contributed by atoms with Gasteiger partial charge in [0.15, 0.2) is 0 Å². The van der Waals surface area contributed by atoms with E-state index in [1.165, 1.54) is 23.8 Å². The Bertz CT molecular complexity index is 737. The van der Waals surface area contributed by atoms with Crippen LogP contribution in [0.2, 0.25) is 15.1 Å². The van der Waals surface area contributed by atoms with E-state index in [-0.39, 0.29) is 5.91 Å². The standard InChI is InChI=1S/C18H16Cl3NO/c1-11(2)13-6-3-12(4-7-13)5-8-18(23)22-17-10-15(20)14(19)9-16(17)21/h3-11H,1-2H3,(H,22,23). The molecule has 0 heterocycles. The molecule has 0 aromatic heterocycles. The maximum Gasteiger partial charge on any atom is 0.248 e. The predicted octanol–water partition coefficient (Wildman–Crippen LogP) is 6.42. The molecule has 5 heteroatoms. The molecule has 1 N–H and O–H groups in total. The predicted molar refractivity (Wildman–Crippen MR) is 99.7 cm³/mol. The summed E-state index contributed by atoms with van der Waals surface area (Å²) < 4.78 is 0. The molecule has 120 valence electrons. The van der Waals surface area contributed by atoms with Gasteiger partial charge in [0, 0.05) is 6.08 Å². The fraction of sp³-hybridized carbons (Fsp3) is 0.167. The van der Waals surface area contributed by atoms with E-state index < -0.39 is 0 Å². The van der Waals surface area contributed by atoms with Crippen molar-refractivity contribution < 1.29 is 4.79 Å². The van der Waals surface area contributed by atoms with E-state index in [2.05, 4.69) is 31.3 Å². The van der Waals surface area contributed by atoms with Crippen LogP contribution in [0.15, 0.2) is 42.5 Å². The van der Waals surface area contributed by atoms with Crippen molar-refractivity contribution in [3.8, 4) is 0 Å². The molecule has 0 fully saturated rings. The number of hydrogen-bond donors (Lipinski definition) is 1. The summed E-state index contributed by atoms with van der Waals surface area (Å²) in [6.45, 7) is 4.28. The smallest absolute Gasteiger partial charge is 0.248 e. The first kappa shape index (κ1) is 17.9. The first-order valence-electron chi connectivity index (χ1n) is 7.10. The molecule has 0 aliphatic heterocycles. The summed E-state index contributed by atoms with van der Waals surface area (Å²) in [4.78, 5) is 12.0. The molecule has 0 atom stereocenters. The van der Waals surface area contributed by atoms with Gasteiger partial charge in [-0.3, -0.25) is 4.79 Å². The van der Waals surface area contributed by atoms with Crippen molar-refractivity contribution in [1.82, 2.24) is 0 Å². The molecule has 0 saturated heterocycles. The Balaban J connectivity index is 2.06. The van der Waals surface area contributed by atoms with E-state index in [1.54, 1.807) is 6.08 Å². The average Bonchev–Trinajstić information content (AvgIpc) is 2.51. The molecule has 0 spiro atoms. The van der Waals surface area contributed by atoms with Crippen molar-refractivity contribution in [2.24, 2.45) is 0 Å². The van der Waals surface area contributed by atoms with Crippen molar-refractivity contribution in [2.75, 3.05) is 5.32 Å². The van der Waals surface area contributed by atoms with E-state index >= 15 is 0 Å². The van der Waals surface area contributed by atoms with Crippen LogP contribution in [0.1, 0.15) is 30.9 Å². The lowest BCUT2D eigenvalue weighted by Crippen LogP contribution is -2.08. The first-order chi connectivity index (χ1) is 10.9. The minimum Gasteiger partial charge on any atom is -0.321 e. The molecule has 23 heavy (non-hydrogen) atoms. The number of carbonyl (C=O) groups excluding carboxylic acids is 1. The zero-order valence-electron chi connectivity index (χ0n) is 12.7. The topological polar surface area (TPSA) is 29.1 Å². The highest BCUT2D eigenvalue weighted by Gasteiger charge is 2.07. The summed E-state index contributed by atoms with van der Waals surface area (Å²) in [5, 5.41) is 3.69. The molecule has 2 rings (SSSR count). The van der Waals surface area contributed by atoms with Crippen LogP contribution in [0.4, 0.5) is 5.69 Å². The second-order valence-electron chi connectivity index (χ2n) is 5.39. The van der Waals surface area contributed by atoms with Gasteiger partial charge >= 0.3 is 0 Å². The van der Waals surface area contributed by atoms with E-state index in [4.69, 9.17) is 34.8 Å². The summed E-state index contributed by atoms with van der Waals surface area (Å²) in [7, 11) is 0. The highest BCUT2D eigenvalue weighted by Crippen LogP contribution is 2.32. The number of halogens is 3. The maximum absolute atomic E-state index is 12.0. The van der Waals surface area contributed by atoms with E-state index in [1.807, 2.05) is 12.1 Å². The Labute approximate surface area is 151 Å². The van der Waals surface area contributed by atoms with Gasteiger partial charge in [-0.25, -0.2) is 0 Å². The average molecular weight is 369 g/mol. The van der Waals surface area contributed by atoms with Crippen LogP contribution in [0, 0.1) is 0 Å². The number of anilines is 1. The van der Waals surface area contributed by atoms with Gasteiger partial charge in [-0.1, -0.05) is 72.9 Å². The van der Waals surface area contributed by atoms with Crippen molar-refractivity contribution in [1.29, 1.82) is 0 Å². The normalized spacial score (nSPS) is 11.2. The number of benzene rings is 2. The summed E-state index contributed by atoms with van der Waals surface area (Å²) >= 11 is 17.8. The van der Waals surface area contributed by atoms with E-state index in [0.717, 1.165) is 5.56 Å². The molecular formula is C18H16Cl3NO. The van der Waals surface area contributed by atoms with Gasteiger partial charge < -0.3 is 5.32 Å². The lowest BCUT2D eigenvalue weighted by atomic mass is 10.0. The van der Waals surface area contributed by atoms with Gasteiger partial charge in [-0.2, -0.15) is 0 Å². The van der Waals surface area contributed by atoms with Gasteiger partial charge in [0.2, 0.25) is 5.91 Å². The second-order valence-corrected chi connectivity index (χ2v) is 6.61. The molecule has 2 nitrogen and oxygen atoms in total. The minimum absolute atomic E-state index is 0.293. The largest absolute Gasteiger partial charge is 0.321 e. The Morgan fingerprint density at radius 2 is 1.61 bits per heavy atom. The monoisotopic (exact) mass is 367 g/mol. The van der Waals surface area contributed by atoms with Crippen LogP contribution in [0.5, 0.6) is 0 Å². The van der Waals surface area contributed by atoms with Crippen LogP contribution in [0.3, 0.4) is 0 Å². The van der Waals surface area contributed by atoms with Gasteiger partial charge in [-0.05, 0) is 35.3 Å². The highest BCUT2D eigenvalue weighted by atomic mass is 35.5. The number of nitrogens with one attached hydrogen (secondary N) is 1. The lowest BCUT2D eigenvalue weighted by molar-refractivity contribution is -0.111. The van der Waals surface area contributed by atoms with E-state index in [9.17, 15) is 4.79 Å². The van der Waals surface area contributed by atoms with Crippen LogP contribution < -0.4 is 5.32 Å². The third-order valence-electron chi connectivity index (χ3n) is 3.30. The fourth-order valence-electron chi connectivity index (χ4n) is 1.96. The summed E-state index contributed by atoms with van der Waals surface area (Å²) in [5.41, 5.74) is 2.63. The lowest BCUT2D eigenvalue weighted by Gasteiger charge is -2.07. The Hall–Kier alpha value is -1.48. The number of amides is 1. The van der Waals surface area contributed by atoms with Crippen LogP contribution >= 0.6 is 34.8 Å². The third kappa shape index (κ3) is 5.00. The fourth-order valence-corrected chi connectivity index (χ4v) is 2.55. The summed E-state index contributed by atoms with van der Waals surface area (Å²) in [5.74, 6) is 0.186. The van der Waals surface area contributed by atoms with Crippen LogP contribution in [0.25, 0.3) is 6.08 Å². The zero-order valence-corrected chi connectivity index (χ0v) is 15.0. The Morgan fingerprint density at radius 3 is 2.22 bits per heavy atom. The number of carbonyl (C=O) groups is 1. The molecule has 1 amide bonds. The molecule has 0 saturated carbocycles. The highest BCUT2D eigenvalue weighted by molar-refractivity contribution is 6.44. The second kappa shape index (κ2) is 7.87. The van der Waals surface area contributed by atoms with Gasteiger partial charge in [0.1, 0.15) is 0 Å². The molecule has 0 unspecified atom stereocenters. The van der Waals surface area contributed by atoms with Gasteiger partial charge in [-0.15, -0.1) is 0 Å². The molecule has 0 aliphatic rings. The van der Waals surface area contributed by atoms with Crippen molar-refractivity contribution in [3.05, 3.63) is 68.7 Å². The quantitative estimate of drug-likeness (QED) is 0.489. The zero-order chi connectivity index (χ0) is 17.0. The van der Waals surface area contributed by atoms with Crippen molar-refractivity contribution in [3.63, 3.8) is 0 Å². The third-order valence-corrected chi connectivity index (χ3v) is 4.33. The first-order valence-corrected chi connectivity index (χ1v) is 8.24. The maximum atomic E-state index is 12.0. The number of hydrogen-bond acceptors (Lipinski definition) is 1. The molecule has 0 bridgehead atoms. The molecule has 0 aliphatic carbocycles. The van der Waals surface area contributed by atoms with Crippen molar-refractivity contribution >= 4 is 52.5 Å². The Kier molecular flexibility index (Phi) is 6.11. The van der Waals surface area contributed by atoms with Gasteiger partial charge in [0.25, 0.3) is 0 Å². The van der Waals surface area contributed by atoms with Crippen molar-refractivity contribution in [2.45, 2.75) is 19.8 Å². The summed E-state index contributed by atoms with van der Waals surface area (Å²) in [6.07, 6.45) is 3.19. The molecular weight excluding hydrogens is 353 g/mol. The number of rotatable bonds is 4. The minimum atomic E-state index is -0.293. The van der Waals surface area contributed by atoms with E-state index in [0.29, 0.717) is 26.7 Å². The summed E-state index contributed by atoms with van der Waals surface area (Å²) in [6, 6.07) is 11.1.